The van der Waals surface area contributed by atoms with E-state index >= 15 is 0 Å². The van der Waals surface area contributed by atoms with Gasteiger partial charge in [-0.05, 0) is 42.0 Å². The van der Waals surface area contributed by atoms with Gasteiger partial charge in [-0.2, -0.15) is 18.4 Å². The Morgan fingerprint density at radius 2 is 1.78 bits per heavy atom. The van der Waals surface area contributed by atoms with Crippen molar-refractivity contribution in [3.05, 3.63) is 94.0 Å². The number of rotatable bonds is 6. The number of ether oxygens (including phenoxy) is 3. The molecule has 3 aromatic carbocycles. The highest BCUT2D eigenvalue weighted by Gasteiger charge is 2.35. The molecule has 0 fully saturated rings. The summed E-state index contributed by atoms with van der Waals surface area (Å²) in [6.07, 6.45) is -5.25. The SMILES string of the molecule is N#C/C(=C\c1ccc2c(c1)OCO2)C(=O)O[C@@H](C(=O)Nc1ccc(Cl)cc1C(F)(F)F)c1ccccc1. The highest BCUT2D eigenvalue weighted by Crippen LogP contribution is 2.37. The summed E-state index contributed by atoms with van der Waals surface area (Å²) in [5, 5.41) is 11.5. The second-order valence-corrected chi connectivity index (χ2v) is 8.09. The van der Waals surface area contributed by atoms with E-state index in [1.807, 2.05) is 0 Å². The predicted molar refractivity (Wildman–Crippen MR) is 127 cm³/mol. The van der Waals surface area contributed by atoms with Crippen LogP contribution in [0, 0.1) is 11.3 Å². The summed E-state index contributed by atoms with van der Waals surface area (Å²) in [4.78, 5) is 26.0. The molecule has 0 bridgehead atoms. The first kappa shape index (κ1) is 25.6. The fourth-order valence-electron chi connectivity index (χ4n) is 3.44. The van der Waals surface area contributed by atoms with E-state index in [1.165, 1.54) is 24.3 Å². The lowest BCUT2D eigenvalue weighted by Gasteiger charge is -2.20. The van der Waals surface area contributed by atoms with Crippen molar-refractivity contribution in [1.82, 2.24) is 0 Å². The third-order valence-electron chi connectivity index (χ3n) is 5.16. The second-order valence-electron chi connectivity index (χ2n) is 7.66. The molecule has 0 saturated heterocycles. The van der Waals surface area contributed by atoms with Crippen LogP contribution in [0.4, 0.5) is 18.9 Å². The van der Waals surface area contributed by atoms with Crippen molar-refractivity contribution >= 4 is 35.2 Å². The van der Waals surface area contributed by atoms with Gasteiger partial charge in [0.15, 0.2) is 11.5 Å². The first-order valence-corrected chi connectivity index (χ1v) is 11.0. The number of esters is 1. The summed E-state index contributed by atoms with van der Waals surface area (Å²) < 4.78 is 56.3. The minimum atomic E-state index is -4.81. The molecule has 188 valence electrons. The van der Waals surface area contributed by atoms with Gasteiger partial charge in [-0.1, -0.05) is 48.0 Å². The Morgan fingerprint density at radius 1 is 1.05 bits per heavy atom. The van der Waals surface area contributed by atoms with Gasteiger partial charge in [-0.15, -0.1) is 0 Å². The molecule has 1 N–H and O–H groups in total. The summed E-state index contributed by atoms with van der Waals surface area (Å²) in [6.45, 7) is 0.0349. The van der Waals surface area contributed by atoms with Crippen LogP contribution in [0.1, 0.15) is 22.8 Å². The lowest BCUT2D eigenvalue weighted by molar-refractivity contribution is -0.150. The predicted octanol–water partition coefficient (Wildman–Crippen LogP) is 5.92. The molecule has 0 unspecified atom stereocenters. The first-order valence-electron chi connectivity index (χ1n) is 10.6. The molecule has 0 saturated carbocycles. The van der Waals surface area contributed by atoms with E-state index in [1.54, 1.807) is 42.5 Å². The van der Waals surface area contributed by atoms with Gasteiger partial charge >= 0.3 is 12.1 Å². The van der Waals surface area contributed by atoms with Crippen LogP contribution in [0.3, 0.4) is 0 Å². The molecule has 1 amide bonds. The van der Waals surface area contributed by atoms with Crippen molar-refractivity contribution in [3.63, 3.8) is 0 Å². The number of amides is 1. The molecule has 1 aliphatic rings. The zero-order valence-electron chi connectivity index (χ0n) is 18.7. The van der Waals surface area contributed by atoms with Crippen LogP contribution in [0.2, 0.25) is 5.02 Å². The average molecular weight is 529 g/mol. The molecule has 1 aliphatic heterocycles. The molecule has 1 heterocycles. The van der Waals surface area contributed by atoms with Crippen LogP contribution in [0.25, 0.3) is 6.08 Å². The van der Waals surface area contributed by atoms with Crippen LogP contribution >= 0.6 is 11.6 Å². The number of nitriles is 1. The molecule has 0 spiro atoms. The third-order valence-corrected chi connectivity index (χ3v) is 5.39. The summed E-state index contributed by atoms with van der Waals surface area (Å²) >= 11 is 5.70. The topological polar surface area (TPSA) is 97.7 Å². The van der Waals surface area contributed by atoms with Crippen LogP contribution in [-0.4, -0.2) is 18.7 Å². The lowest BCUT2D eigenvalue weighted by Crippen LogP contribution is -2.27. The number of alkyl halides is 3. The molecule has 4 rings (SSSR count). The Morgan fingerprint density at radius 3 is 2.49 bits per heavy atom. The minimum absolute atomic E-state index is 0.0349. The van der Waals surface area contributed by atoms with Crippen LogP contribution in [0.15, 0.2) is 72.3 Å². The molecule has 0 aliphatic carbocycles. The molecule has 37 heavy (non-hydrogen) atoms. The molecule has 0 aromatic heterocycles. The van der Waals surface area contributed by atoms with Gasteiger partial charge < -0.3 is 19.5 Å². The molecular weight excluding hydrogens is 513 g/mol. The largest absolute Gasteiger partial charge is 0.454 e. The van der Waals surface area contributed by atoms with Crippen LogP contribution in [0.5, 0.6) is 11.5 Å². The van der Waals surface area contributed by atoms with Gasteiger partial charge in [-0.25, -0.2) is 4.79 Å². The number of nitrogens with zero attached hydrogens (tertiary/aromatic N) is 1. The Hall–Kier alpha value is -4.49. The number of anilines is 1. The number of benzene rings is 3. The highest BCUT2D eigenvalue weighted by molar-refractivity contribution is 6.30. The maximum absolute atomic E-state index is 13.5. The Balaban J connectivity index is 1.62. The smallest absolute Gasteiger partial charge is 0.418 e. The molecule has 0 radical (unpaired) electrons. The van der Waals surface area contributed by atoms with Crippen molar-refractivity contribution < 1.29 is 37.0 Å². The quantitative estimate of drug-likeness (QED) is 0.242. The second kappa shape index (κ2) is 10.6. The third kappa shape index (κ3) is 6.02. The number of halogens is 4. The number of nitrogens with one attached hydrogen (secondary N) is 1. The Bertz CT molecular complexity index is 1420. The van der Waals surface area contributed by atoms with Crippen molar-refractivity contribution in [3.8, 4) is 17.6 Å². The highest BCUT2D eigenvalue weighted by atomic mass is 35.5. The lowest BCUT2D eigenvalue weighted by atomic mass is 10.1. The standard InChI is InChI=1S/C26H16ClF3N2O5/c27-18-7-8-20(19(12-18)26(28,29)30)32-24(33)23(16-4-2-1-3-5-16)37-25(34)17(13-31)10-15-6-9-21-22(11-15)36-14-35-21/h1-12,23H,14H2,(H,32,33)/b17-10+/t23-/m1/s1. The van der Waals surface area contributed by atoms with E-state index in [4.69, 9.17) is 25.8 Å². The monoisotopic (exact) mass is 528 g/mol. The fraction of sp³-hybridized carbons (Fsp3) is 0.115. The number of fused-ring (bicyclic) bond motifs is 1. The number of carbonyl (C=O) groups excluding carboxylic acids is 2. The summed E-state index contributed by atoms with van der Waals surface area (Å²) in [5.74, 6) is -1.30. The Kier molecular flexibility index (Phi) is 7.36. The van der Waals surface area contributed by atoms with Gasteiger partial charge in [0.25, 0.3) is 5.91 Å². The molecule has 7 nitrogen and oxygen atoms in total. The molecule has 11 heteroatoms. The van der Waals surface area contributed by atoms with Gasteiger partial charge in [0.2, 0.25) is 12.9 Å². The van der Waals surface area contributed by atoms with E-state index < -0.39 is 41.0 Å². The number of carbonyl (C=O) groups is 2. The van der Waals surface area contributed by atoms with Gasteiger partial charge in [-0.3, -0.25) is 4.79 Å². The van der Waals surface area contributed by atoms with Crippen LogP contribution < -0.4 is 14.8 Å². The van der Waals surface area contributed by atoms with E-state index in [2.05, 4.69) is 5.32 Å². The normalized spacial score (nSPS) is 13.4. The molecule has 3 aromatic rings. The van der Waals surface area contributed by atoms with E-state index in [0.717, 1.165) is 6.07 Å². The summed E-state index contributed by atoms with van der Waals surface area (Å²) in [5.41, 5.74) is -1.59. The molecule has 1 atom stereocenters. The number of hydrogen-bond acceptors (Lipinski definition) is 6. The van der Waals surface area contributed by atoms with Gasteiger partial charge in [0.1, 0.15) is 11.6 Å². The summed E-state index contributed by atoms with van der Waals surface area (Å²) in [6, 6.07) is 17.0. The fourth-order valence-corrected chi connectivity index (χ4v) is 3.61. The van der Waals surface area contributed by atoms with E-state index in [0.29, 0.717) is 23.1 Å². The van der Waals surface area contributed by atoms with Crippen LogP contribution in [-0.2, 0) is 20.5 Å². The Labute approximate surface area is 213 Å². The van der Waals surface area contributed by atoms with Gasteiger partial charge in [0, 0.05) is 10.6 Å². The zero-order chi connectivity index (χ0) is 26.6. The van der Waals surface area contributed by atoms with Gasteiger partial charge in [0.05, 0.1) is 11.3 Å². The van der Waals surface area contributed by atoms with Crippen molar-refractivity contribution in [1.29, 1.82) is 5.26 Å². The minimum Gasteiger partial charge on any atom is -0.454 e. The summed E-state index contributed by atoms with van der Waals surface area (Å²) in [7, 11) is 0. The number of hydrogen-bond donors (Lipinski definition) is 1. The van der Waals surface area contributed by atoms with Crippen molar-refractivity contribution in [2.45, 2.75) is 12.3 Å². The van der Waals surface area contributed by atoms with Crippen molar-refractivity contribution in [2.75, 3.05) is 12.1 Å². The van der Waals surface area contributed by atoms with E-state index in [9.17, 15) is 28.0 Å². The van der Waals surface area contributed by atoms with Crippen molar-refractivity contribution in [2.24, 2.45) is 0 Å². The maximum atomic E-state index is 13.5. The average Bonchev–Trinajstić information content (AvgIpc) is 3.34. The zero-order valence-corrected chi connectivity index (χ0v) is 19.5. The maximum Gasteiger partial charge on any atom is 0.418 e. The van der Waals surface area contributed by atoms with E-state index in [-0.39, 0.29) is 17.4 Å². The first-order chi connectivity index (χ1) is 17.7. The molecular formula is C26H16ClF3N2O5.